The summed E-state index contributed by atoms with van der Waals surface area (Å²) in [5.74, 6) is 0.775. The molecular formula is C24H27NO3. The Morgan fingerprint density at radius 1 is 1.07 bits per heavy atom. The molecule has 0 spiro atoms. The van der Waals surface area contributed by atoms with E-state index in [0.29, 0.717) is 17.6 Å². The summed E-state index contributed by atoms with van der Waals surface area (Å²) in [6, 6.07) is 15.6. The van der Waals surface area contributed by atoms with Gasteiger partial charge in [-0.2, -0.15) is 0 Å². The fourth-order valence-electron chi connectivity index (χ4n) is 4.10. The zero-order valence-electron chi connectivity index (χ0n) is 16.3. The molecule has 2 aromatic carbocycles. The number of benzene rings is 2. The van der Waals surface area contributed by atoms with Gasteiger partial charge in [0.25, 0.3) is 0 Å². The van der Waals surface area contributed by atoms with Gasteiger partial charge in [-0.25, -0.2) is 0 Å². The zero-order chi connectivity index (χ0) is 19.6. The smallest absolute Gasteiger partial charge is 0.192 e. The number of ether oxygens (including phenoxy) is 1. The Hall–Kier alpha value is -2.59. The van der Waals surface area contributed by atoms with Gasteiger partial charge >= 0.3 is 0 Å². The second kappa shape index (κ2) is 7.80. The number of para-hydroxylation sites is 1. The van der Waals surface area contributed by atoms with E-state index >= 15 is 0 Å². The molecule has 1 aliphatic carbocycles. The summed E-state index contributed by atoms with van der Waals surface area (Å²) < 4.78 is 5.91. The molecule has 4 nitrogen and oxygen atoms in total. The van der Waals surface area contributed by atoms with Gasteiger partial charge in [0.15, 0.2) is 5.43 Å². The van der Waals surface area contributed by atoms with Crippen molar-refractivity contribution in [3.8, 4) is 5.75 Å². The third-order valence-electron chi connectivity index (χ3n) is 5.97. The molecule has 1 saturated carbocycles. The highest BCUT2D eigenvalue weighted by Crippen LogP contribution is 2.33. The van der Waals surface area contributed by atoms with E-state index in [1.807, 2.05) is 43.3 Å². The van der Waals surface area contributed by atoms with Crippen LogP contribution in [0.3, 0.4) is 0 Å². The summed E-state index contributed by atoms with van der Waals surface area (Å²) in [4.78, 5) is 15.8. The Bertz CT molecular complexity index is 1010. The Kier molecular flexibility index (Phi) is 5.23. The Morgan fingerprint density at radius 2 is 1.79 bits per heavy atom. The van der Waals surface area contributed by atoms with Gasteiger partial charge < -0.3 is 14.8 Å². The summed E-state index contributed by atoms with van der Waals surface area (Å²) in [5, 5.41) is 11.2. The van der Waals surface area contributed by atoms with Crippen molar-refractivity contribution in [2.75, 3.05) is 0 Å². The van der Waals surface area contributed by atoms with Crippen LogP contribution < -0.4 is 10.2 Å². The minimum atomic E-state index is -0.464. The molecule has 1 heterocycles. The van der Waals surface area contributed by atoms with Crippen molar-refractivity contribution in [3.63, 3.8) is 0 Å². The molecule has 0 unspecified atom stereocenters. The van der Waals surface area contributed by atoms with Crippen LogP contribution >= 0.6 is 0 Å². The monoisotopic (exact) mass is 377 g/mol. The second-order valence-electron chi connectivity index (χ2n) is 7.97. The molecule has 2 N–H and O–H groups in total. The lowest BCUT2D eigenvalue weighted by Gasteiger charge is -2.21. The van der Waals surface area contributed by atoms with E-state index in [4.69, 9.17) is 4.74 Å². The van der Waals surface area contributed by atoms with Crippen LogP contribution in [-0.2, 0) is 13.0 Å². The summed E-state index contributed by atoms with van der Waals surface area (Å²) in [5.41, 5.74) is 3.12. The van der Waals surface area contributed by atoms with Crippen LogP contribution in [-0.4, -0.2) is 15.7 Å². The summed E-state index contributed by atoms with van der Waals surface area (Å²) in [6.45, 7) is 2.16. The topological polar surface area (TPSA) is 62.3 Å². The zero-order valence-corrected chi connectivity index (χ0v) is 16.3. The molecule has 3 aromatic rings. The third kappa shape index (κ3) is 3.97. The van der Waals surface area contributed by atoms with Crippen molar-refractivity contribution in [1.82, 2.24) is 4.98 Å². The lowest BCUT2D eigenvalue weighted by Crippen LogP contribution is -2.24. The number of aryl methyl sites for hydroxylation is 1. The Labute approximate surface area is 165 Å². The van der Waals surface area contributed by atoms with Crippen LogP contribution in [0.25, 0.3) is 10.9 Å². The lowest BCUT2D eigenvalue weighted by atomic mass is 9.93. The number of hydrogen-bond acceptors (Lipinski definition) is 3. The maximum atomic E-state index is 12.5. The van der Waals surface area contributed by atoms with Crippen LogP contribution in [0.5, 0.6) is 5.75 Å². The largest absolute Gasteiger partial charge is 0.487 e. The summed E-state index contributed by atoms with van der Waals surface area (Å²) in [7, 11) is 0. The average Bonchev–Trinajstić information content (AvgIpc) is 3.16. The van der Waals surface area contributed by atoms with Crippen molar-refractivity contribution in [3.05, 3.63) is 75.6 Å². The Balaban J connectivity index is 1.41. The molecule has 1 aliphatic rings. The molecule has 4 rings (SSSR count). The number of aromatic amines is 1. The SMILES string of the molecule is Cc1c(COc2ccc(CCC3(O)CCCC3)cc2)[nH]c2ccccc2c1=O. The average molecular weight is 377 g/mol. The van der Waals surface area contributed by atoms with Crippen molar-refractivity contribution in [2.24, 2.45) is 0 Å². The fourth-order valence-corrected chi connectivity index (χ4v) is 4.10. The lowest BCUT2D eigenvalue weighted by molar-refractivity contribution is 0.0391. The molecule has 4 heteroatoms. The van der Waals surface area contributed by atoms with Crippen LogP contribution in [0.15, 0.2) is 53.3 Å². The normalized spacial score (nSPS) is 15.8. The summed E-state index contributed by atoms with van der Waals surface area (Å²) >= 11 is 0. The molecule has 0 atom stereocenters. The molecule has 146 valence electrons. The van der Waals surface area contributed by atoms with Crippen LogP contribution in [0.2, 0.25) is 0 Å². The highest BCUT2D eigenvalue weighted by molar-refractivity contribution is 5.79. The number of aliphatic hydroxyl groups is 1. The number of aromatic nitrogens is 1. The fraction of sp³-hybridized carbons (Fsp3) is 0.375. The minimum Gasteiger partial charge on any atom is -0.487 e. The van der Waals surface area contributed by atoms with Crippen LogP contribution in [0, 0.1) is 6.92 Å². The molecule has 0 aliphatic heterocycles. The number of pyridine rings is 1. The Morgan fingerprint density at radius 3 is 2.54 bits per heavy atom. The van der Waals surface area contributed by atoms with Crippen LogP contribution in [0.1, 0.15) is 48.9 Å². The maximum absolute atomic E-state index is 12.5. The van der Waals surface area contributed by atoms with Gasteiger partial charge in [0, 0.05) is 16.5 Å². The number of hydrogen-bond donors (Lipinski definition) is 2. The van der Waals surface area contributed by atoms with E-state index in [9.17, 15) is 9.90 Å². The van der Waals surface area contributed by atoms with Gasteiger partial charge in [-0.05, 0) is 62.4 Å². The highest BCUT2D eigenvalue weighted by Gasteiger charge is 2.30. The first-order valence-corrected chi connectivity index (χ1v) is 10.1. The molecule has 28 heavy (non-hydrogen) atoms. The predicted molar refractivity (Wildman–Crippen MR) is 112 cm³/mol. The van der Waals surface area contributed by atoms with Gasteiger partial charge in [-0.1, -0.05) is 37.1 Å². The van der Waals surface area contributed by atoms with Crippen molar-refractivity contribution in [2.45, 2.75) is 57.7 Å². The molecule has 0 saturated heterocycles. The maximum Gasteiger partial charge on any atom is 0.192 e. The first-order valence-electron chi connectivity index (χ1n) is 10.1. The van der Waals surface area contributed by atoms with E-state index in [2.05, 4.69) is 17.1 Å². The highest BCUT2D eigenvalue weighted by atomic mass is 16.5. The van der Waals surface area contributed by atoms with Gasteiger partial charge in [0.1, 0.15) is 12.4 Å². The standard InChI is InChI=1S/C24H27NO3/c1-17-22(25-21-7-3-2-6-20(21)23(17)26)16-28-19-10-8-18(9-11-19)12-15-24(27)13-4-5-14-24/h2-3,6-11,27H,4-5,12-16H2,1H3,(H,25,26). The molecule has 1 fully saturated rings. The molecule has 0 amide bonds. The van der Waals surface area contributed by atoms with Gasteiger partial charge in [-0.15, -0.1) is 0 Å². The molecule has 0 radical (unpaired) electrons. The summed E-state index contributed by atoms with van der Waals surface area (Å²) in [6.07, 6.45) is 5.84. The van der Waals surface area contributed by atoms with E-state index in [-0.39, 0.29) is 5.43 Å². The molecule has 1 aromatic heterocycles. The molecule has 0 bridgehead atoms. The van der Waals surface area contributed by atoms with E-state index < -0.39 is 5.60 Å². The molecular weight excluding hydrogens is 350 g/mol. The van der Waals surface area contributed by atoms with Gasteiger partial charge in [0.05, 0.1) is 11.3 Å². The quantitative estimate of drug-likeness (QED) is 0.657. The van der Waals surface area contributed by atoms with Crippen molar-refractivity contribution >= 4 is 10.9 Å². The first kappa shape index (κ1) is 18.8. The number of fused-ring (bicyclic) bond motifs is 1. The predicted octanol–water partition coefficient (Wildman–Crippen LogP) is 4.65. The van der Waals surface area contributed by atoms with Crippen molar-refractivity contribution < 1.29 is 9.84 Å². The number of H-pyrrole nitrogens is 1. The van der Waals surface area contributed by atoms with Gasteiger partial charge in [-0.3, -0.25) is 4.79 Å². The van der Waals surface area contributed by atoms with E-state index in [0.717, 1.165) is 55.5 Å². The number of rotatable bonds is 6. The number of nitrogens with one attached hydrogen (secondary N) is 1. The van der Waals surface area contributed by atoms with E-state index in [1.54, 1.807) is 0 Å². The van der Waals surface area contributed by atoms with Crippen LogP contribution in [0.4, 0.5) is 0 Å². The van der Waals surface area contributed by atoms with E-state index in [1.165, 1.54) is 5.56 Å². The first-order chi connectivity index (χ1) is 13.5. The minimum absolute atomic E-state index is 0.0492. The van der Waals surface area contributed by atoms with Gasteiger partial charge in [0.2, 0.25) is 0 Å². The third-order valence-corrected chi connectivity index (χ3v) is 5.97. The second-order valence-corrected chi connectivity index (χ2v) is 7.97. The van der Waals surface area contributed by atoms with Crippen molar-refractivity contribution in [1.29, 1.82) is 0 Å².